The van der Waals surface area contributed by atoms with Gasteiger partial charge in [0, 0.05) is 42.6 Å². The maximum absolute atomic E-state index is 13.9. The van der Waals surface area contributed by atoms with E-state index in [4.69, 9.17) is 0 Å². The number of aromatic hydroxyl groups is 1. The van der Waals surface area contributed by atoms with Crippen LogP contribution in [0.2, 0.25) is 0 Å². The first-order valence-corrected chi connectivity index (χ1v) is 13.0. The highest BCUT2D eigenvalue weighted by Crippen LogP contribution is 2.44. The zero-order chi connectivity index (χ0) is 28.2. The van der Waals surface area contributed by atoms with E-state index in [0.717, 1.165) is 23.4 Å². The number of nitrogens with zero attached hydrogens (tertiary/aromatic N) is 4. The summed E-state index contributed by atoms with van der Waals surface area (Å²) in [6.07, 6.45) is -3.48. The summed E-state index contributed by atoms with van der Waals surface area (Å²) in [5, 5.41) is 12.1. The fourth-order valence-corrected chi connectivity index (χ4v) is 6.12. The van der Waals surface area contributed by atoms with Gasteiger partial charge in [-0.05, 0) is 35.7 Å². The molecule has 2 amide bonds. The lowest BCUT2D eigenvalue weighted by Gasteiger charge is -2.46. The van der Waals surface area contributed by atoms with Crippen LogP contribution in [0.5, 0.6) is 5.75 Å². The Morgan fingerprint density at radius 3 is 2.46 bits per heavy atom. The Morgan fingerprint density at radius 1 is 1.08 bits per heavy atom. The number of pyridine rings is 1. The standard InChI is InChI=1S/C27H25F3N4O4S/c1-15(27(28,29)30)32-14-34(33-12-11-20(35)24(36)23(33)26(32)38)22-16-8-6-9-17(25(37)31(2)3)19(16)13-39-21-10-5-4-7-18(21)22/h4-12,15,22,36H,13-14H2,1-3H3/t15-,22+/m1/s1. The average Bonchev–Trinajstić information content (AvgIpc) is 3.06. The third-order valence-electron chi connectivity index (χ3n) is 7.06. The van der Waals surface area contributed by atoms with Crippen LogP contribution < -0.4 is 10.4 Å². The largest absolute Gasteiger partial charge is 0.502 e. The Morgan fingerprint density at radius 2 is 1.77 bits per heavy atom. The average molecular weight is 559 g/mol. The van der Waals surface area contributed by atoms with Crippen LogP contribution >= 0.6 is 11.8 Å². The molecule has 0 radical (unpaired) electrons. The summed E-state index contributed by atoms with van der Waals surface area (Å²) in [7, 11) is 3.28. The van der Waals surface area contributed by atoms with Crippen LogP contribution in [0.4, 0.5) is 13.2 Å². The first-order chi connectivity index (χ1) is 18.4. The molecule has 0 spiro atoms. The smallest absolute Gasteiger partial charge is 0.408 e. The highest BCUT2D eigenvalue weighted by Gasteiger charge is 2.47. The summed E-state index contributed by atoms with van der Waals surface area (Å²) < 4.78 is 43.0. The highest BCUT2D eigenvalue weighted by molar-refractivity contribution is 7.98. The van der Waals surface area contributed by atoms with Gasteiger partial charge in [-0.1, -0.05) is 30.3 Å². The summed E-state index contributed by atoms with van der Waals surface area (Å²) in [4.78, 5) is 41.6. The predicted octanol–water partition coefficient (Wildman–Crippen LogP) is 3.95. The van der Waals surface area contributed by atoms with Crippen LogP contribution in [0.25, 0.3) is 0 Å². The molecule has 5 rings (SSSR count). The number of aromatic nitrogens is 1. The zero-order valence-corrected chi connectivity index (χ0v) is 22.1. The Bertz CT molecular complexity index is 1540. The highest BCUT2D eigenvalue weighted by atomic mass is 32.2. The molecule has 0 saturated carbocycles. The number of carbonyl (C=O) groups excluding carboxylic acids is 2. The molecule has 0 fully saturated rings. The van der Waals surface area contributed by atoms with E-state index >= 15 is 0 Å². The van der Waals surface area contributed by atoms with Gasteiger partial charge in [0.05, 0.1) is 6.04 Å². The van der Waals surface area contributed by atoms with Crippen LogP contribution in [0.3, 0.4) is 0 Å². The van der Waals surface area contributed by atoms with Crippen molar-refractivity contribution >= 4 is 23.6 Å². The van der Waals surface area contributed by atoms with E-state index in [9.17, 15) is 32.7 Å². The van der Waals surface area contributed by atoms with E-state index in [1.165, 1.54) is 32.5 Å². The molecule has 0 aliphatic carbocycles. The molecular formula is C27H25F3N4O4S. The summed E-state index contributed by atoms with van der Waals surface area (Å²) in [5.41, 5.74) is 1.14. The number of thioether (sulfide) groups is 1. The van der Waals surface area contributed by atoms with E-state index in [0.29, 0.717) is 27.3 Å². The van der Waals surface area contributed by atoms with Crippen molar-refractivity contribution in [3.8, 4) is 5.75 Å². The normalized spacial score (nSPS) is 17.6. The van der Waals surface area contributed by atoms with Crippen molar-refractivity contribution in [3.05, 3.63) is 92.9 Å². The van der Waals surface area contributed by atoms with Gasteiger partial charge in [-0.25, -0.2) is 0 Å². The van der Waals surface area contributed by atoms with E-state index in [2.05, 4.69) is 0 Å². The van der Waals surface area contributed by atoms with Crippen molar-refractivity contribution < 1.29 is 27.9 Å². The van der Waals surface area contributed by atoms with Gasteiger partial charge in [-0.2, -0.15) is 13.2 Å². The van der Waals surface area contributed by atoms with Crippen LogP contribution in [0, 0.1) is 0 Å². The van der Waals surface area contributed by atoms with Gasteiger partial charge < -0.3 is 14.9 Å². The Labute approximate surface area is 226 Å². The molecule has 12 heteroatoms. The molecule has 2 aromatic carbocycles. The van der Waals surface area contributed by atoms with Gasteiger partial charge in [-0.15, -0.1) is 11.8 Å². The van der Waals surface area contributed by atoms with Crippen molar-refractivity contribution in [3.63, 3.8) is 0 Å². The molecule has 2 atom stereocenters. The summed E-state index contributed by atoms with van der Waals surface area (Å²) in [6, 6.07) is 10.7. The maximum atomic E-state index is 13.9. The number of rotatable bonds is 3. The molecule has 1 aromatic heterocycles. The first-order valence-electron chi connectivity index (χ1n) is 12.1. The second-order valence-electron chi connectivity index (χ2n) is 9.60. The summed E-state index contributed by atoms with van der Waals surface area (Å²) in [5.74, 6) is -1.84. The second kappa shape index (κ2) is 9.67. The number of amides is 2. The van der Waals surface area contributed by atoms with Crippen LogP contribution in [-0.4, -0.2) is 64.4 Å². The summed E-state index contributed by atoms with van der Waals surface area (Å²) in [6.45, 7) is 0.367. The van der Waals surface area contributed by atoms with Crippen molar-refractivity contribution in [2.75, 3.05) is 25.8 Å². The maximum Gasteiger partial charge on any atom is 0.408 e. The molecule has 8 nitrogen and oxygen atoms in total. The van der Waals surface area contributed by atoms with Crippen LogP contribution in [0.15, 0.2) is 64.4 Å². The second-order valence-corrected chi connectivity index (χ2v) is 10.6. The SMILES string of the molecule is C[C@@H](N1CN([C@@H]2c3ccccc3SCc3c(C(=O)N(C)C)cccc32)n2ccc(=O)c(O)c2C1=O)C(F)(F)F. The molecule has 1 N–H and O–H groups in total. The molecule has 3 heterocycles. The number of carbonyl (C=O) groups is 2. The summed E-state index contributed by atoms with van der Waals surface area (Å²) >= 11 is 1.50. The van der Waals surface area contributed by atoms with Crippen LogP contribution in [0.1, 0.15) is 50.5 Å². The molecule has 2 aliphatic rings. The lowest BCUT2D eigenvalue weighted by molar-refractivity contribution is -0.173. The van der Waals surface area contributed by atoms with Gasteiger partial charge >= 0.3 is 6.18 Å². The predicted molar refractivity (Wildman–Crippen MR) is 139 cm³/mol. The number of fused-ring (bicyclic) bond motifs is 3. The Balaban J connectivity index is 1.80. The number of alkyl halides is 3. The van der Waals surface area contributed by atoms with Gasteiger partial charge in [0.2, 0.25) is 5.43 Å². The zero-order valence-electron chi connectivity index (χ0n) is 21.3. The molecule has 3 aromatic rings. The van der Waals surface area contributed by atoms with Gasteiger partial charge in [0.15, 0.2) is 11.4 Å². The number of hydrogen-bond donors (Lipinski definition) is 1. The number of benzene rings is 2. The van der Waals surface area contributed by atoms with Crippen molar-refractivity contribution in [2.24, 2.45) is 0 Å². The van der Waals surface area contributed by atoms with Gasteiger partial charge in [0.1, 0.15) is 12.7 Å². The lowest BCUT2D eigenvalue weighted by atomic mass is 9.91. The van der Waals surface area contributed by atoms with E-state index in [-0.39, 0.29) is 5.91 Å². The molecular weight excluding hydrogens is 533 g/mol. The fraction of sp³-hybridized carbons (Fsp3) is 0.296. The molecule has 0 unspecified atom stereocenters. The fourth-order valence-electron chi connectivity index (χ4n) is 4.98. The Hall–Kier alpha value is -3.93. The minimum absolute atomic E-state index is 0.222. The quantitative estimate of drug-likeness (QED) is 0.524. The van der Waals surface area contributed by atoms with Crippen LogP contribution in [-0.2, 0) is 5.75 Å². The van der Waals surface area contributed by atoms with E-state index in [1.807, 2.05) is 24.3 Å². The molecule has 0 bridgehead atoms. The van der Waals surface area contributed by atoms with Gasteiger partial charge in [-0.3, -0.25) is 24.1 Å². The number of halogens is 3. The minimum Gasteiger partial charge on any atom is -0.502 e. The molecule has 204 valence electrons. The molecule has 39 heavy (non-hydrogen) atoms. The van der Waals surface area contributed by atoms with E-state index in [1.54, 1.807) is 32.3 Å². The Kier molecular flexibility index (Phi) is 6.61. The molecule has 2 aliphatic heterocycles. The third kappa shape index (κ3) is 4.42. The van der Waals surface area contributed by atoms with E-state index < -0.39 is 47.7 Å². The number of hydrogen-bond acceptors (Lipinski definition) is 6. The topological polar surface area (TPSA) is 86.1 Å². The lowest BCUT2D eigenvalue weighted by Crippen LogP contribution is -2.60. The monoisotopic (exact) mass is 558 g/mol. The molecule has 0 saturated heterocycles. The third-order valence-corrected chi connectivity index (χ3v) is 8.18. The minimum atomic E-state index is -4.76. The van der Waals surface area contributed by atoms with Crippen molar-refractivity contribution in [1.82, 2.24) is 14.5 Å². The first kappa shape index (κ1) is 26.7. The van der Waals surface area contributed by atoms with Crippen molar-refractivity contribution in [1.29, 1.82) is 0 Å². The van der Waals surface area contributed by atoms with Gasteiger partial charge in [0.25, 0.3) is 11.8 Å². The van der Waals surface area contributed by atoms with Crippen molar-refractivity contribution in [2.45, 2.75) is 35.8 Å².